The number of rotatable bonds is 6. The van der Waals surface area contributed by atoms with Crippen molar-refractivity contribution in [3.05, 3.63) is 11.4 Å². The highest BCUT2D eigenvalue weighted by molar-refractivity contribution is 5.58. The van der Waals surface area contributed by atoms with Gasteiger partial charge in [-0.2, -0.15) is 0 Å². The lowest BCUT2D eigenvalue weighted by molar-refractivity contribution is 0.543. The fourth-order valence-corrected chi connectivity index (χ4v) is 1.59. The second-order valence-electron chi connectivity index (χ2n) is 5.21. The van der Waals surface area contributed by atoms with Crippen LogP contribution in [0.2, 0.25) is 0 Å². The van der Waals surface area contributed by atoms with Gasteiger partial charge in [0.25, 0.3) is 0 Å². The number of nitrogens with zero attached hydrogens (tertiary/aromatic N) is 2. The summed E-state index contributed by atoms with van der Waals surface area (Å²) in [7, 11) is 0. The number of aromatic nitrogens is 2. The van der Waals surface area contributed by atoms with Gasteiger partial charge in [-0.3, -0.25) is 0 Å². The minimum absolute atomic E-state index is 0.0492. The van der Waals surface area contributed by atoms with Gasteiger partial charge in [-0.25, -0.2) is 9.97 Å². The third-order valence-corrected chi connectivity index (χ3v) is 3.19. The number of aryl methyl sites for hydroxylation is 1. The Morgan fingerprint density at radius 2 is 1.67 bits per heavy atom. The van der Waals surface area contributed by atoms with Gasteiger partial charge in [0.2, 0.25) is 0 Å². The number of anilines is 2. The molecule has 0 saturated heterocycles. The molecule has 2 N–H and O–H groups in total. The monoisotopic (exact) mass is 250 g/mol. The van der Waals surface area contributed by atoms with E-state index in [1.165, 1.54) is 0 Å². The molecule has 4 heteroatoms. The van der Waals surface area contributed by atoms with E-state index in [0.29, 0.717) is 0 Å². The first-order chi connectivity index (χ1) is 8.43. The highest BCUT2D eigenvalue weighted by Gasteiger charge is 2.18. The van der Waals surface area contributed by atoms with Gasteiger partial charge >= 0.3 is 0 Å². The summed E-state index contributed by atoms with van der Waals surface area (Å²) in [5, 5.41) is 6.82. The van der Waals surface area contributed by atoms with E-state index in [2.05, 4.69) is 62.1 Å². The maximum absolute atomic E-state index is 4.60. The van der Waals surface area contributed by atoms with Gasteiger partial charge in [0, 0.05) is 24.1 Å². The Kier molecular flexibility index (Phi) is 4.93. The lowest BCUT2D eigenvalue weighted by atomic mass is 10.0. The first-order valence-corrected chi connectivity index (χ1v) is 6.83. The Morgan fingerprint density at radius 3 is 2.17 bits per heavy atom. The van der Waals surface area contributed by atoms with Crippen LogP contribution in [0.3, 0.4) is 0 Å². The molecule has 1 heterocycles. The molecule has 0 spiro atoms. The highest BCUT2D eigenvalue weighted by Crippen LogP contribution is 2.24. The smallest absolute Gasteiger partial charge is 0.135 e. The maximum Gasteiger partial charge on any atom is 0.135 e. The molecule has 102 valence electrons. The molecule has 0 aromatic carbocycles. The average Bonchev–Trinajstić information content (AvgIpc) is 2.34. The van der Waals surface area contributed by atoms with Crippen LogP contribution < -0.4 is 10.6 Å². The zero-order chi connectivity index (χ0) is 13.8. The van der Waals surface area contributed by atoms with E-state index in [9.17, 15) is 0 Å². The average molecular weight is 250 g/mol. The standard InChI is InChI=1S/C14H26N4/c1-7-11-16-12(15-9-3)10(4)13(17-11)18-14(5,6)8-2/h7-9H2,1-6H3,(H2,15,16,17,18). The van der Waals surface area contributed by atoms with E-state index in [4.69, 9.17) is 0 Å². The van der Waals surface area contributed by atoms with E-state index in [1.807, 2.05) is 0 Å². The van der Waals surface area contributed by atoms with E-state index in [0.717, 1.165) is 42.4 Å². The van der Waals surface area contributed by atoms with Crippen LogP contribution >= 0.6 is 0 Å². The molecule has 1 aromatic rings. The van der Waals surface area contributed by atoms with E-state index in [1.54, 1.807) is 0 Å². The molecule has 0 fully saturated rings. The van der Waals surface area contributed by atoms with Crippen LogP contribution in [0.25, 0.3) is 0 Å². The third-order valence-electron chi connectivity index (χ3n) is 3.19. The Balaban J connectivity index is 3.13. The molecule has 0 aliphatic rings. The van der Waals surface area contributed by atoms with Gasteiger partial charge in [-0.1, -0.05) is 13.8 Å². The molecule has 1 aromatic heterocycles. The Labute approximate surface area is 111 Å². The van der Waals surface area contributed by atoms with Crippen molar-refractivity contribution in [1.82, 2.24) is 9.97 Å². The predicted octanol–water partition coefficient (Wildman–Crippen LogP) is 3.38. The molecule has 0 atom stereocenters. The van der Waals surface area contributed by atoms with Crippen molar-refractivity contribution >= 4 is 11.6 Å². The lowest BCUT2D eigenvalue weighted by Crippen LogP contribution is -2.31. The zero-order valence-corrected chi connectivity index (χ0v) is 12.5. The number of hydrogen-bond donors (Lipinski definition) is 2. The number of nitrogens with one attached hydrogen (secondary N) is 2. The van der Waals surface area contributed by atoms with Crippen LogP contribution in [-0.4, -0.2) is 22.1 Å². The van der Waals surface area contributed by atoms with E-state index >= 15 is 0 Å². The molecule has 0 saturated carbocycles. The Bertz CT molecular complexity index is 399. The van der Waals surface area contributed by atoms with E-state index in [-0.39, 0.29) is 5.54 Å². The molecular formula is C14H26N4. The van der Waals surface area contributed by atoms with Gasteiger partial charge in [-0.15, -0.1) is 0 Å². The van der Waals surface area contributed by atoms with Crippen LogP contribution in [0.4, 0.5) is 11.6 Å². The second kappa shape index (κ2) is 6.03. The minimum Gasteiger partial charge on any atom is -0.370 e. The van der Waals surface area contributed by atoms with Gasteiger partial charge in [-0.05, 0) is 34.1 Å². The van der Waals surface area contributed by atoms with Gasteiger partial charge in [0.05, 0.1) is 0 Å². The summed E-state index contributed by atoms with van der Waals surface area (Å²) < 4.78 is 0. The summed E-state index contributed by atoms with van der Waals surface area (Å²) in [5.74, 6) is 2.77. The van der Waals surface area contributed by atoms with Crippen molar-refractivity contribution in [2.45, 2.75) is 59.9 Å². The van der Waals surface area contributed by atoms with Gasteiger partial charge in [0.1, 0.15) is 17.5 Å². The third kappa shape index (κ3) is 3.59. The van der Waals surface area contributed by atoms with Crippen LogP contribution in [-0.2, 0) is 6.42 Å². The molecule has 0 aliphatic carbocycles. The summed E-state index contributed by atoms with van der Waals surface area (Å²) in [6.45, 7) is 13.6. The molecule has 0 bridgehead atoms. The highest BCUT2D eigenvalue weighted by atomic mass is 15.1. The first kappa shape index (κ1) is 14.7. The normalized spacial score (nSPS) is 11.4. The molecule has 0 aliphatic heterocycles. The molecule has 4 nitrogen and oxygen atoms in total. The zero-order valence-electron chi connectivity index (χ0n) is 12.5. The minimum atomic E-state index is 0.0492. The van der Waals surface area contributed by atoms with Crippen molar-refractivity contribution in [3.63, 3.8) is 0 Å². The molecule has 18 heavy (non-hydrogen) atoms. The van der Waals surface area contributed by atoms with Gasteiger partial charge in [0.15, 0.2) is 0 Å². The van der Waals surface area contributed by atoms with Crippen LogP contribution in [0.1, 0.15) is 52.4 Å². The van der Waals surface area contributed by atoms with E-state index < -0.39 is 0 Å². The van der Waals surface area contributed by atoms with Crippen molar-refractivity contribution < 1.29 is 0 Å². The summed E-state index contributed by atoms with van der Waals surface area (Å²) in [4.78, 5) is 9.14. The quantitative estimate of drug-likeness (QED) is 0.812. The fourth-order valence-electron chi connectivity index (χ4n) is 1.59. The summed E-state index contributed by atoms with van der Waals surface area (Å²) in [5.41, 5.74) is 1.14. The Hall–Kier alpha value is -1.32. The van der Waals surface area contributed by atoms with Gasteiger partial charge < -0.3 is 10.6 Å². The summed E-state index contributed by atoms with van der Waals surface area (Å²) in [6.07, 6.45) is 1.90. The first-order valence-electron chi connectivity index (χ1n) is 6.83. The fraction of sp³-hybridized carbons (Fsp3) is 0.714. The lowest BCUT2D eigenvalue weighted by Gasteiger charge is -2.27. The van der Waals surface area contributed by atoms with Crippen molar-refractivity contribution in [2.24, 2.45) is 0 Å². The van der Waals surface area contributed by atoms with Crippen LogP contribution in [0.5, 0.6) is 0 Å². The van der Waals surface area contributed by atoms with Crippen molar-refractivity contribution in [3.8, 4) is 0 Å². The summed E-state index contributed by atoms with van der Waals surface area (Å²) in [6, 6.07) is 0. The number of hydrogen-bond acceptors (Lipinski definition) is 4. The molecule has 0 amide bonds. The molecule has 1 rings (SSSR count). The largest absolute Gasteiger partial charge is 0.370 e. The molecule has 0 unspecified atom stereocenters. The Morgan fingerprint density at radius 1 is 1.06 bits per heavy atom. The molecular weight excluding hydrogens is 224 g/mol. The second-order valence-corrected chi connectivity index (χ2v) is 5.21. The molecule has 0 radical (unpaired) electrons. The predicted molar refractivity (Wildman–Crippen MR) is 78.3 cm³/mol. The SMILES string of the molecule is CCNc1nc(CC)nc(NC(C)(C)CC)c1C. The van der Waals surface area contributed by atoms with Crippen molar-refractivity contribution in [2.75, 3.05) is 17.2 Å². The maximum atomic E-state index is 4.60. The summed E-state index contributed by atoms with van der Waals surface area (Å²) >= 11 is 0. The topological polar surface area (TPSA) is 49.8 Å². The van der Waals surface area contributed by atoms with Crippen molar-refractivity contribution in [1.29, 1.82) is 0 Å². The van der Waals surface area contributed by atoms with Crippen LogP contribution in [0.15, 0.2) is 0 Å². The van der Waals surface area contributed by atoms with Crippen LogP contribution in [0, 0.1) is 6.92 Å².